The molecule has 190 valence electrons. The summed E-state index contributed by atoms with van der Waals surface area (Å²) in [5.41, 5.74) is -1.21. The zero-order valence-corrected chi connectivity index (χ0v) is 18.4. The number of halogens is 5. The fourth-order valence-corrected chi connectivity index (χ4v) is 4.15. The zero-order valence-electron chi connectivity index (χ0n) is 18.4. The normalized spacial score (nSPS) is 22.1. The highest BCUT2D eigenvalue weighted by atomic mass is 19.4. The predicted octanol–water partition coefficient (Wildman–Crippen LogP) is 3.40. The Morgan fingerprint density at radius 3 is 2.77 bits per heavy atom. The molecule has 1 aromatic heterocycles. The van der Waals surface area contributed by atoms with Crippen molar-refractivity contribution in [3.05, 3.63) is 53.2 Å². The van der Waals surface area contributed by atoms with E-state index in [1.165, 1.54) is 36.3 Å². The van der Waals surface area contributed by atoms with E-state index in [1.807, 2.05) is 0 Å². The number of ether oxygens (including phenoxy) is 5. The van der Waals surface area contributed by atoms with Crippen LogP contribution >= 0.6 is 0 Å². The summed E-state index contributed by atoms with van der Waals surface area (Å²) >= 11 is 0. The number of fused-ring (bicyclic) bond motifs is 1. The van der Waals surface area contributed by atoms with Crippen molar-refractivity contribution in [3.63, 3.8) is 0 Å². The molecule has 8 nitrogen and oxygen atoms in total. The smallest absolute Gasteiger partial charge is 0.486 e. The fourth-order valence-electron chi connectivity index (χ4n) is 4.15. The molecule has 2 unspecified atom stereocenters. The third-order valence-electron chi connectivity index (χ3n) is 5.78. The number of amides is 1. The molecular formula is C22H21F5N2O6. The molecule has 0 saturated carbocycles. The summed E-state index contributed by atoms with van der Waals surface area (Å²) in [5, 5.41) is 0. The predicted molar refractivity (Wildman–Crippen MR) is 108 cm³/mol. The Balaban J connectivity index is 1.45. The second-order valence-electron chi connectivity index (χ2n) is 7.76. The average Bonchev–Trinajstić information content (AvgIpc) is 3.26. The number of rotatable bonds is 7. The summed E-state index contributed by atoms with van der Waals surface area (Å²) in [6.45, 7) is -1.12. The van der Waals surface area contributed by atoms with Gasteiger partial charge in [0, 0.05) is 18.5 Å². The van der Waals surface area contributed by atoms with Gasteiger partial charge < -0.3 is 23.8 Å². The highest BCUT2D eigenvalue weighted by Crippen LogP contribution is 2.44. The molecular weight excluding hydrogens is 483 g/mol. The Morgan fingerprint density at radius 1 is 1.23 bits per heavy atom. The minimum atomic E-state index is -4.78. The number of hydrogen-bond donors (Lipinski definition) is 0. The van der Waals surface area contributed by atoms with Crippen LogP contribution in [0.4, 0.5) is 22.0 Å². The van der Waals surface area contributed by atoms with Gasteiger partial charge in [0.1, 0.15) is 30.8 Å². The molecule has 2 aliphatic heterocycles. The van der Waals surface area contributed by atoms with Crippen molar-refractivity contribution in [2.24, 2.45) is 0 Å². The number of likely N-dealkylation sites (tertiary alicyclic amines) is 1. The van der Waals surface area contributed by atoms with Crippen LogP contribution in [-0.4, -0.2) is 68.5 Å². The van der Waals surface area contributed by atoms with Crippen LogP contribution in [0.25, 0.3) is 0 Å². The van der Waals surface area contributed by atoms with Gasteiger partial charge in [0.25, 0.3) is 11.8 Å². The zero-order chi connectivity index (χ0) is 25.2. The lowest BCUT2D eigenvalue weighted by atomic mass is 9.81. The fraction of sp³-hybridized carbons (Fsp3) is 0.455. The first-order valence-corrected chi connectivity index (χ1v) is 10.5. The molecule has 0 aliphatic carbocycles. The Hall–Kier alpha value is -3.03. The van der Waals surface area contributed by atoms with Gasteiger partial charge in [-0.05, 0) is 18.2 Å². The first-order chi connectivity index (χ1) is 16.6. The lowest BCUT2D eigenvalue weighted by Gasteiger charge is -2.41. The number of alkyl halides is 3. The average molecular weight is 504 g/mol. The molecule has 0 N–H and O–H groups in total. The molecule has 35 heavy (non-hydrogen) atoms. The second kappa shape index (κ2) is 9.91. The third-order valence-corrected chi connectivity index (χ3v) is 5.78. The number of hydrogen-bond acceptors (Lipinski definition) is 7. The van der Waals surface area contributed by atoms with Gasteiger partial charge in [-0.2, -0.15) is 0 Å². The van der Waals surface area contributed by atoms with Crippen LogP contribution in [-0.2, 0) is 19.8 Å². The molecule has 3 heterocycles. The third kappa shape index (κ3) is 5.16. The van der Waals surface area contributed by atoms with Gasteiger partial charge in [-0.25, -0.2) is 13.8 Å². The molecule has 2 atom stereocenters. The molecule has 2 aromatic rings. The molecule has 0 radical (unpaired) electrons. The first-order valence-electron chi connectivity index (χ1n) is 10.5. The maximum Gasteiger partial charge on any atom is 0.522 e. The number of methoxy groups -OCH3 is 1. The van der Waals surface area contributed by atoms with Crippen molar-refractivity contribution in [1.82, 2.24) is 9.88 Å². The van der Waals surface area contributed by atoms with Gasteiger partial charge in [0.15, 0.2) is 17.4 Å². The van der Waals surface area contributed by atoms with Gasteiger partial charge in [-0.1, -0.05) is 12.1 Å². The second-order valence-corrected chi connectivity index (χ2v) is 7.76. The van der Waals surface area contributed by atoms with E-state index in [4.69, 9.17) is 18.9 Å². The van der Waals surface area contributed by atoms with Crippen LogP contribution in [0.3, 0.4) is 0 Å². The molecule has 13 heteroatoms. The summed E-state index contributed by atoms with van der Waals surface area (Å²) in [7, 11) is 1.27. The van der Waals surface area contributed by atoms with Crippen LogP contribution in [0.15, 0.2) is 30.3 Å². The molecule has 2 fully saturated rings. The van der Waals surface area contributed by atoms with Crippen molar-refractivity contribution >= 4 is 5.91 Å². The summed E-state index contributed by atoms with van der Waals surface area (Å²) in [5.74, 6) is -2.59. The maximum atomic E-state index is 14.5. The lowest BCUT2D eigenvalue weighted by molar-refractivity contribution is -0.325. The SMILES string of the molecule is COc1nc(C(=O)N2CCC3(c4cccc(F)c4F)OCOC3C2)ccc1OCCOC(F)(F)F. The van der Waals surface area contributed by atoms with Gasteiger partial charge in [0.05, 0.1) is 20.3 Å². The van der Waals surface area contributed by atoms with E-state index in [2.05, 4.69) is 9.72 Å². The van der Waals surface area contributed by atoms with Crippen molar-refractivity contribution in [2.45, 2.75) is 24.5 Å². The van der Waals surface area contributed by atoms with E-state index >= 15 is 0 Å². The van der Waals surface area contributed by atoms with E-state index < -0.39 is 48.8 Å². The molecule has 1 amide bonds. The van der Waals surface area contributed by atoms with Gasteiger partial charge in [-0.3, -0.25) is 9.53 Å². The monoisotopic (exact) mass is 504 g/mol. The van der Waals surface area contributed by atoms with Crippen LogP contribution < -0.4 is 9.47 Å². The van der Waals surface area contributed by atoms with Crippen LogP contribution in [0, 0.1) is 11.6 Å². The van der Waals surface area contributed by atoms with Crippen molar-refractivity contribution < 1.29 is 50.4 Å². The standard InChI is InChI=1S/C22H21F5N2O6/c1-31-19-16(32-9-10-34-22(25,26)27)6-5-15(28-19)20(30)29-8-7-21(17(11-29)33-12-35-21)13-3-2-4-14(23)18(13)24/h2-6,17H,7-12H2,1H3. The number of pyridine rings is 1. The largest absolute Gasteiger partial charge is 0.522 e. The first kappa shape index (κ1) is 25.1. The van der Waals surface area contributed by atoms with Gasteiger partial charge >= 0.3 is 6.36 Å². The van der Waals surface area contributed by atoms with Gasteiger partial charge in [0.2, 0.25) is 0 Å². The Morgan fingerprint density at radius 2 is 2.03 bits per heavy atom. The minimum absolute atomic E-state index is 0.0101. The number of nitrogens with zero attached hydrogens (tertiary/aromatic N) is 2. The summed E-state index contributed by atoms with van der Waals surface area (Å²) < 4.78 is 89.9. The van der Waals surface area contributed by atoms with E-state index in [1.54, 1.807) is 0 Å². The molecule has 2 aliphatic rings. The van der Waals surface area contributed by atoms with Crippen molar-refractivity contribution in [2.75, 3.05) is 40.2 Å². The number of carbonyl (C=O) groups is 1. The Kier molecular flexibility index (Phi) is 7.10. The summed E-state index contributed by atoms with van der Waals surface area (Å²) in [6, 6.07) is 6.51. The topological polar surface area (TPSA) is 79.4 Å². The molecule has 2 saturated heterocycles. The maximum absolute atomic E-state index is 14.5. The summed E-state index contributed by atoms with van der Waals surface area (Å²) in [4.78, 5) is 18.6. The number of piperidine rings is 1. The van der Waals surface area contributed by atoms with E-state index in [-0.39, 0.29) is 49.2 Å². The van der Waals surface area contributed by atoms with E-state index in [9.17, 15) is 26.7 Å². The van der Waals surface area contributed by atoms with Crippen LogP contribution in [0.1, 0.15) is 22.5 Å². The highest BCUT2D eigenvalue weighted by Gasteiger charge is 2.52. The van der Waals surface area contributed by atoms with Crippen molar-refractivity contribution in [1.29, 1.82) is 0 Å². The molecule has 0 spiro atoms. The van der Waals surface area contributed by atoms with Gasteiger partial charge in [-0.15, -0.1) is 13.2 Å². The van der Waals surface area contributed by atoms with Crippen molar-refractivity contribution in [3.8, 4) is 11.6 Å². The quantitative estimate of drug-likeness (QED) is 0.423. The lowest BCUT2D eigenvalue weighted by Crippen LogP contribution is -2.54. The van der Waals surface area contributed by atoms with E-state index in [0.29, 0.717) is 0 Å². The van der Waals surface area contributed by atoms with Crippen LogP contribution in [0.5, 0.6) is 11.6 Å². The Labute approximate surface area is 196 Å². The highest BCUT2D eigenvalue weighted by molar-refractivity contribution is 5.92. The molecule has 0 bridgehead atoms. The number of carbonyl (C=O) groups excluding carboxylic acids is 1. The number of aromatic nitrogens is 1. The van der Waals surface area contributed by atoms with Crippen LogP contribution in [0.2, 0.25) is 0 Å². The van der Waals surface area contributed by atoms with E-state index in [0.717, 1.165) is 6.07 Å². The summed E-state index contributed by atoms with van der Waals surface area (Å²) in [6.07, 6.45) is -5.36. The Bertz CT molecular complexity index is 1080. The minimum Gasteiger partial charge on any atom is -0.486 e. The number of benzene rings is 1. The molecule has 1 aromatic carbocycles. The molecule has 4 rings (SSSR count).